The van der Waals surface area contributed by atoms with Crippen LogP contribution in [0, 0.1) is 17.4 Å². The number of nitrogens with one attached hydrogen (secondary N) is 2. The van der Waals surface area contributed by atoms with Crippen LogP contribution in [0.5, 0.6) is 0 Å². The highest BCUT2D eigenvalue weighted by Gasteiger charge is 2.22. The van der Waals surface area contributed by atoms with Crippen molar-refractivity contribution in [3.8, 4) is 0 Å². The summed E-state index contributed by atoms with van der Waals surface area (Å²) >= 11 is 8.72. The van der Waals surface area contributed by atoms with Crippen LogP contribution in [0.2, 0.25) is 0 Å². The number of hydrogen-bond acceptors (Lipinski definition) is 5. The van der Waals surface area contributed by atoms with Gasteiger partial charge in [0, 0.05) is 8.45 Å². The van der Waals surface area contributed by atoms with E-state index in [2.05, 4.69) is 33.2 Å². The molecule has 1 aromatic carbocycles. The van der Waals surface area contributed by atoms with Gasteiger partial charge in [-0.15, -0.1) is 11.3 Å². The molecule has 132 valence electrons. The molecule has 1 heterocycles. The zero-order chi connectivity index (χ0) is 18.6. The summed E-state index contributed by atoms with van der Waals surface area (Å²) in [7, 11) is 0. The first-order valence-electron chi connectivity index (χ1n) is 7.49. The first-order chi connectivity index (χ1) is 11.8. The lowest BCUT2D eigenvalue weighted by atomic mass is 10.1. The normalized spacial score (nSPS) is 10.2. The molecule has 2 aromatic rings. The average molecular weight is 488 g/mol. The van der Waals surface area contributed by atoms with Crippen molar-refractivity contribution in [3.05, 3.63) is 49.4 Å². The Balaban J connectivity index is 2.16. The van der Waals surface area contributed by atoms with E-state index in [4.69, 9.17) is 17.0 Å². The lowest BCUT2D eigenvalue weighted by molar-refractivity contribution is 0.0527. The van der Waals surface area contributed by atoms with Gasteiger partial charge in [0.2, 0.25) is 0 Å². The summed E-state index contributed by atoms with van der Waals surface area (Å²) in [5, 5.41) is 6.30. The van der Waals surface area contributed by atoms with Gasteiger partial charge in [-0.2, -0.15) is 0 Å². The number of hydrogen-bond donors (Lipinski definition) is 2. The number of halogens is 1. The number of carbonyl (C=O) groups excluding carboxylic acids is 2. The van der Waals surface area contributed by atoms with E-state index in [9.17, 15) is 9.59 Å². The van der Waals surface area contributed by atoms with E-state index in [-0.39, 0.29) is 11.0 Å². The Morgan fingerprint density at radius 1 is 1.28 bits per heavy atom. The number of benzene rings is 1. The Hall–Kier alpha value is -1.52. The van der Waals surface area contributed by atoms with Crippen LogP contribution in [0.15, 0.2) is 24.3 Å². The molecule has 25 heavy (non-hydrogen) atoms. The number of esters is 1. The average Bonchev–Trinajstić information content (AvgIpc) is 2.81. The number of ether oxygens (including phenoxy) is 1. The lowest BCUT2D eigenvalue weighted by Gasteiger charge is -2.11. The maximum Gasteiger partial charge on any atom is 0.341 e. The quantitative estimate of drug-likeness (QED) is 0.382. The number of thiocarbonyl (C=S) groups is 1. The Kier molecular flexibility index (Phi) is 6.91. The molecule has 0 saturated carbocycles. The third kappa shape index (κ3) is 4.77. The van der Waals surface area contributed by atoms with Gasteiger partial charge in [0.15, 0.2) is 5.11 Å². The van der Waals surface area contributed by atoms with Crippen LogP contribution in [0.4, 0.5) is 5.00 Å². The topological polar surface area (TPSA) is 67.4 Å². The molecule has 0 spiro atoms. The predicted molar refractivity (Wildman–Crippen MR) is 113 cm³/mol. The highest BCUT2D eigenvalue weighted by Crippen LogP contribution is 2.33. The third-order valence-electron chi connectivity index (χ3n) is 3.44. The number of anilines is 1. The maximum atomic E-state index is 12.3. The van der Waals surface area contributed by atoms with Gasteiger partial charge in [0.25, 0.3) is 5.91 Å². The number of thiophene rings is 1. The molecule has 0 atom stereocenters. The number of rotatable bonds is 4. The molecule has 8 heteroatoms. The van der Waals surface area contributed by atoms with Gasteiger partial charge in [-0.05, 0) is 73.3 Å². The van der Waals surface area contributed by atoms with E-state index in [1.165, 1.54) is 11.3 Å². The first-order valence-corrected chi connectivity index (χ1v) is 9.79. The minimum atomic E-state index is -0.404. The molecule has 0 bridgehead atoms. The zero-order valence-corrected chi connectivity index (χ0v) is 17.7. The second-order valence-corrected chi connectivity index (χ2v) is 7.89. The fourth-order valence-electron chi connectivity index (χ4n) is 2.11. The molecule has 2 rings (SSSR count). The molecule has 1 aromatic heterocycles. The van der Waals surface area contributed by atoms with E-state index in [1.807, 2.05) is 26.0 Å². The van der Waals surface area contributed by atoms with E-state index >= 15 is 0 Å². The van der Waals surface area contributed by atoms with Gasteiger partial charge < -0.3 is 10.1 Å². The summed E-state index contributed by atoms with van der Waals surface area (Å²) in [6.07, 6.45) is 0. The van der Waals surface area contributed by atoms with E-state index < -0.39 is 5.97 Å². The van der Waals surface area contributed by atoms with Crippen LogP contribution >= 0.6 is 46.1 Å². The fourth-order valence-corrected chi connectivity index (χ4v) is 4.06. The van der Waals surface area contributed by atoms with E-state index in [0.29, 0.717) is 22.7 Å². The molecule has 0 aliphatic carbocycles. The predicted octanol–water partition coefficient (Wildman–Crippen LogP) is 4.27. The second-order valence-electron chi connectivity index (χ2n) is 5.10. The molecule has 5 nitrogen and oxygen atoms in total. The van der Waals surface area contributed by atoms with Gasteiger partial charge in [0.1, 0.15) is 5.00 Å². The highest BCUT2D eigenvalue weighted by atomic mass is 127. The highest BCUT2D eigenvalue weighted by molar-refractivity contribution is 14.1. The number of carbonyl (C=O) groups is 2. The molecule has 0 unspecified atom stereocenters. The lowest BCUT2D eigenvalue weighted by Crippen LogP contribution is -2.34. The van der Waals surface area contributed by atoms with Crippen molar-refractivity contribution in [2.24, 2.45) is 0 Å². The van der Waals surface area contributed by atoms with Crippen molar-refractivity contribution in [2.75, 3.05) is 11.9 Å². The smallest absolute Gasteiger partial charge is 0.341 e. The van der Waals surface area contributed by atoms with Gasteiger partial charge in [-0.25, -0.2) is 4.79 Å². The Morgan fingerprint density at radius 2 is 1.96 bits per heavy atom. The maximum absolute atomic E-state index is 12.3. The van der Waals surface area contributed by atoms with Crippen LogP contribution in [0.3, 0.4) is 0 Å². The van der Waals surface area contributed by atoms with Crippen LogP contribution in [0.25, 0.3) is 0 Å². The summed E-state index contributed by atoms with van der Waals surface area (Å²) < 4.78 is 5.94. The fraction of sp³-hybridized carbons (Fsp3) is 0.235. The molecule has 0 aliphatic heterocycles. The Bertz CT molecular complexity index is 833. The van der Waals surface area contributed by atoms with Gasteiger partial charge >= 0.3 is 5.97 Å². The standard InChI is InChI=1S/C17H17IN2O3S2/c1-4-23-16(22)13-9(2)10(3)25-15(13)20-17(24)19-14(21)11-7-5-6-8-12(11)18/h5-8H,4H2,1-3H3,(H2,19,20,21,24). The molecular formula is C17H17IN2O3S2. The monoisotopic (exact) mass is 488 g/mol. The second kappa shape index (κ2) is 8.72. The largest absolute Gasteiger partial charge is 0.462 e. The summed E-state index contributed by atoms with van der Waals surface area (Å²) in [5.41, 5.74) is 1.84. The summed E-state index contributed by atoms with van der Waals surface area (Å²) in [6.45, 7) is 5.82. The summed E-state index contributed by atoms with van der Waals surface area (Å²) in [6, 6.07) is 7.22. The van der Waals surface area contributed by atoms with Gasteiger partial charge in [-0.3, -0.25) is 10.1 Å². The van der Waals surface area contributed by atoms with E-state index in [0.717, 1.165) is 14.0 Å². The minimum absolute atomic E-state index is 0.136. The van der Waals surface area contributed by atoms with E-state index in [1.54, 1.807) is 19.1 Å². The van der Waals surface area contributed by atoms with Crippen LogP contribution in [-0.4, -0.2) is 23.6 Å². The molecule has 2 N–H and O–H groups in total. The van der Waals surface area contributed by atoms with Crippen molar-refractivity contribution in [2.45, 2.75) is 20.8 Å². The molecule has 1 amide bonds. The molecule has 0 fully saturated rings. The molecule has 0 radical (unpaired) electrons. The van der Waals surface area contributed by atoms with Gasteiger partial charge in [-0.1, -0.05) is 12.1 Å². The van der Waals surface area contributed by atoms with Crippen molar-refractivity contribution in [3.63, 3.8) is 0 Å². The third-order valence-corrected chi connectivity index (χ3v) is 5.70. The number of aryl methyl sites for hydroxylation is 1. The van der Waals surface area contributed by atoms with Crippen LogP contribution in [0.1, 0.15) is 38.1 Å². The number of amides is 1. The molecule has 0 aliphatic rings. The first kappa shape index (κ1) is 19.8. The van der Waals surface area contributed by atoms with Crippen molar-refractivity contribution in [1.29, 1.82) is 0 Å². The zero-order valence-electron chi connectivity index (χ0n) is 13.9. The Labute approximate surface area is 169 Å². The van der Waals surface area contributed by atoms with Crippen LogP contribution in [-0.2, 0) is 4.74 Å². The summed E-state index contributed by atoms with van der Waals surface area (Å²) in [5.74, 6) is -0.705. The summed E-state index contributed by atoms with van der Waals surface area (Å²) in [4.78, 5) is 25.5. The minimum Gasteiger partial charge on any atom is -0.462 e. The molecule has 0 saturated heterocycles. The van der Waals surface area contributed by atoms with Crippen molar-refractivity contribution < 1.29 is 14.3 Å². The Morgan fingerprint density at radius 3 is 2.60 bits per heavy atom. The van der Waals surface area contributed by atoms with Crippen LogP contribution < -0.4 is 10.6 Å². The van der Waals surface area contributed by atoms with Crippen molar-refractivity contribution in [1.82, 2.24) is 5.32 Å². The SMILES string of the molecule is CCOC(=O)c1c(NC(=S)NC(=O)c2ccccc2I)sc(C)c1C. The van der Waals surface area contributed by atoms with Crippen molar-refractivity contribution >= 4 is 68.1 Å². The van der Waals surface area contributed by atoms with Gasteiger partial charge in [0.05, 0.1) is 17.7 Å². The molecular weight excluding hydrogens is 471 g/mol.